The maximum absolute atomic E-state index is 11.9. The van der Waals surface area contributed by atoms with Crippen LogP contribution in [0, 0.1) is 6.92 Å². The van der Waals surface area contributed by atoms with Crippen LogP contribution in [0.2, 0.25) is 0 Å². The van der Waals surface area contributed by atoms with Crippen molar-refractivity contribution < 1.29 is 19.2 Å². The number of nitrogens with one attached hydrogen (secondary N) is 2. The number of hydrogen-bond acceptors (Lipinski definition) is 6. The Bertz CT molecular complexity index is 681. The second kappa shape index (κ2) is 6.04. The van der Waals surface area contributed by atoms with Gasteiger partial charge >= 0.3 is 0 Å². The molecule has 3 N–H and O–H groups in total. The van der Waals surface area contributed by atoms with Gasteiger partial charge in [0.25, 0.3) is 17.6 Å². The molecular formula is C13H14N4O4. The minimum absolute atomic E-state index is 0.0164. The molecule has 110 valence electrons. The summed E-state index contributed by atoms with van der Waals surface area (Å²) in [6.07, 6.45) is 0. The van der Waals surface area contributed by atoms with Crippen LogP contribution in [-0.4, -0.2) is 34.1 Å². The van der Waals surface area contributed by atoms with E-state index in [4.69, 9.17) is 4.52 Å². The van der Waals surface area contributed by atoms with Crippen LogP contribution >= 0.6 is 0 Å². The second-order valence-electron chi connectivity index (χ2n) is 4.27. The molecule has 8 nitrogen and oxygen atoms in total. The first-order valence-corrected chi connectivity index (χ1v) is 6.13. The number of aromatic hydroxyl groups is 1. The van der Waals surface area contributed by atoms with Gasteiger partial charge in [-0.25, -0.2) is 0 Å². The van der Waals surface area contributed by atoms with Gasteiger partial charge in [0.05, 0.1) is 6.54 Å². The molecule has 1 aromatic carbocycles. The van der Waals surface area contributed by atoms with Crippen molar-refractivity contribution in [2.75, 3.05) is 7.05 Å². The number of aromatic nitrogens is 2. The summed E-state index contributed by atoms with van der Waals surface area (Å²) in [7, 11) is 1.45. The second-order valence-corrected chi connectivity index (χ2v) is 4.27. The highest BCUT2D eigenvalue weighted by Crippen LogP contribution is 2.17. The average Bonchev–Trinajstić information content (AvgIpc) is 2.95. The van der Waals surface area contributed by atoms with Gasteiger partial charge in [0.2, 0.25) is 5.89 Å². The molecule has 0 spiro atoms. The Hall–Kier alpha value is -2.90. The molecule has 21 heavy (non-hydrogen) atoms. The van der Waals surface area contributed by atoms with Crippen molar-refractivity contribution >= 4 is 11.8 Å². The van der Waals surface area contributed by atoms with Crippen LogP contribution in [0.1, 0.15) is 32.4 Å². The number of aryl methyl sites for hydroxylation is 1. The molecule has 1 heterocycles. The lowest BCUT2D eigenvalue weighted by molar-refractivity contribution is 0.0938. The first-order valence-electron chi connectivity index (χ1n) is 6.13. The first kappa shape index (κ1) is 14.5. The van der Waals surface area contributed by atoms with Crippen LogP contribution in [0.4, 0.5) is 0 Å². The van der Waals surface area contributed by atoms with Crippen LogP contribution < -0.4 is 10.6 Å². The third kappa shape index (κ3) is 3.35. The van der Waals surface area contributed by atoms with Gasteiger partial charge in [-0.3, -0.25) is 9.59 Å². The third-order valence-corrected chi connectivity index (χ3v) is 2.77. The number of carbonyl (C=O) groups excluding carboxylic acids is 2. The minimum Gasteiger partial charge on any atom is -0.508 e. The molecule has 2 rings (SSSR count). The highest BCUT2D eigenvalue weighted by molar-refractivity contribution is 5.94. The highest BCUT2D eigenvalue weighted by Gasteiger charge is 2.14. The number of rotatable bonds is 4. The van der Waals surface area contributed by atoms with E-state index < -0.39 is 11.8 Å². The molecule has 8 heteroatoms. The summed E-state index contributed by atoms with van der Waals surface area (Å²) < 4.78 is 4.83. The molecule has 1 aromatic heterocycles. The summed E-state index contributed by atoms with van der Waals surface area (Å²) >= 11 is 0. The Morgan fingerprint density at radius 3 is 2.76 bits per heavy atom. The molecule has 2 amide bonds. The van der Waals surface area contributed by atoms with Crippen molar-refractivity contribution in [1.29, 1.82) is 0 Å². The SMILES string of the molecule is CNC(=O)c1noc(CNC(=O)c2ccc(C)c(O)c2)n1. The Labute approximate surface area is 120 Å². The van der Waals surface area contributed by atoms with Crippen LogP contribution in [0.15, 0.2) is 22.7 Å². The van der Waals surface area contributed by atoms with Crippen molar-refractivity contribution in [3.63, 3.8) is 0 Å². The van der Waals surface area contributed by atoms with E-state index in [0.717, 1.165) is 0 Å². The molecule has 0 saturated heterocycles. The molecule has 0 fully saturated rings. The number of phenols is 1. The summed E-state index contributed by atoms with van der Waals surface area (Å²) in [5.41, 5.74) is 0.989. The van der Waals surface area contributed by atoms with Crippen molar-refractivity contribution in [1.82, 2.24) is 20.8 Å². The maximum atomic E-state index is 11.9. The Morgan fingerprint density at radius 1 is 1.33 bits per heavy atom. The average molecular weight is 290 g/mol. The quantitative estimate of drug-likeness (QED) is 0.749. The minimum atomic E-state index is -0.472. The van der Waals surface area contributed by atoms with Crippen molar-refractivity contribution in [2.45, 2.75) is 13.5 Å². The monoisotopic (exact) mass is 290 g/mol. The van der Waals surface area contributed by atoms with E-state index in [1.807, 2.05) is 0 Å². The number of benzene rings is 1. The topological polar surface area (TPSA) is 117 Å². The normalized spacial score (nSPS) is 10.2. The molecule has 0 bridgehead atoms. The zero-order chi connectivity index (χ0) is 15.4. The lowest BCUT2D eigenvalue weighted by atomic mass is 10.1. The number of phenolic OH excluding ortho intramolecular Hbond substituents is 1. The third-order valence-electron chi connectivity index (χ3n) is 2.77. The van der Waals surface area contributed by atoms with Crippen LogP contribution in [0.25, 0.3) is 0 Å². The highest BCUT2D eigenvalue weighted by atomic mass is 16.5. The van der Waals surface area contributed by atoms with Gasteiger partial charge in [0.1, 0.15) is 5.75 Å². The number of nitrogens with zero attached hydrogens (tertiary/aromatic N) is 2. The molecule has 0 saturated carbocycles. The fraction of sp³-hybridized carbons (Fsp3) is 0.231. The zero-order valence-electron chi connectivity index (χ0n) is 11.5. The summed E-state index contributed by atoms with van der Waals surface area (Å²) in [4.78, 5) is 27.0. The van der Waals surface area contributed by atoms with Crippen molar-refractivity contribution in [2.24, 2.45) is 0 Å². The summed E-state index contributed by atoms with van der Waals surface area (Å²) in [6.45, 7) is 1.72. The van der Waals surface area contributed by atoms with Gasteiger partial charge < -0.3 is 20.3 Å². The molecular weight excluding hydrogens is 276 g/mol. The molecule has 2 aromatic rings. The van der Waals surface area contributed by atoms with E-state index in [1.165, 1.54) is 13.1 Å². The van der Waals surface area contributed by atoms with Gasteiger partial charge in [0.15, 0.2) is 0 Å². The van der Waals surface area contributed by atoms with Gasteiger partial charge in [-0.15, -0.1) is 0 Å². The van der Waals surface area contributed by atoms with E-state index in [0.29, 0.717) is 11.1 Å². The zero-order valence-corrected chi connectivity index (χ0v) is 11.5. The number of amides is 2. The van der Waals surface area contributed by atoms with E-state index >= 15 is 0 Å². The predicted octanol–water partition coefficient (Wildman–Crippen LogP) is 0.373. The maximum Gasteiger partial charge on any atom is 0.292 e. The summed E-state index contributed by atoms with van der Waals surface area (Å²) in [6, 6.07) is 4.60. The molecule has 0 aliphatic heterocycles. The Kier molecular flexibility index (Phi) is 4.17. The smallest absolute Gasteiger partial charge is 0.292 e. The Balaban J connectivity index is 1.99. The molecule has 0 atom stereocenters. The van der Waals surface area contributed by atoms with E-state index in [1.54, 1.807) is 19.1 Å². The van der Waals surface area contributed by atoms with E-state index in [2.05, 4.69) is 20.8 Å². The van der Waals surface area contributed by atoms with Crippen LogP contribution in [0.5, 0.6) is 5.75 Å². The van der Waals surface area contributed by atoms with Gasteiger partial charge in [0, 0.05) is 12.6 Å². The van der Waals surface area contributed by atoms with Gasteiger partial charge in [-0.2, -0.15) is 4.98 Å². The van der Waals surface area contributed by atoms with Crippen LogP contribution in [0.3, 0.4) is 0 Å². The van der Waals surface area contributed by atoms with E-state index in [9.17, 15) is 14.7 Å². The van der Waals surface area contributed by atoms with Crippen molar-refractivity contribution in [3.05, 3.63) is 41.0 Å². The molecule has 0 aliphatic rings. The Morgan fingerprint density at radius 2 is 2.10 bits per heavy atom. The lowest BCUT2D eigenvalue weighted by Crippen LogP contribution is -2.23. The standard InChI is InChI=1S/C13H14N4O4/c1-7-3-4-8(5-9(7)18)12(19)15-6-10-16-11(17-21-10)13(20)14-2/h3-5,18H,6H2,1-2H3,(H,14,20)(H,15,19). The summed E-state index contributed by atoms with van der Waals surface area (Å²) in [5, 5.41) is 17.9. The van der Waals surface area contributed by atoms with Crippen LogP contribution in [-0.2, 0) is 6.54 Å². The summed E-state index contributed by atoms with van der Waals surface area (Å²) in [5.74, 6) is -0.819. The fourth-order valence-electron chi connectivity index (χ4n) is 1.54. The molecule has 0 unspecified atom stereocenters. The van der Waals surface area contributed by atoms with Gasteiger partial charge in [-0.05, 0) is 24.6 Å². The first-order chi connectivity index (χ1) is 10.0. The largest absolute Gasteiger partial charge is 0.508 e. The number of carbonyl (C=O) groups is 2. The van der Waals surface area contributed by atoms with Crippen molar-refractivity contribution in [3.8, 4) is 5.75 Å². The lowest BCUT2D eigenvalue weighted by Gasteiger charge is -2.04. The fourth-order valence-corrected chi connectivity index (χ4v) is 1.54. The molecule has 0 radical (unpaired) electrons. The number of hydrogen-bond donors (Lipinski definition) is 3. The van der Waals surface area contributed by atoms with E-state index in [-0.39, 0.29) is 24.0 Å². The predicted molar refractivity (Wildman–Crippen MR) is 71.7 cm³/mol. The molecule has 0 aliphatic carbocycles. The van der Waals surface area contributed by atoms with Gasteiger partial charge in [-0.1, -0.05) is 11.2 Å².